The second-order valence-corrected chi connectivity index (χ2v) is 7.37. The highest BCUT2D eigenvalue weighted by Crippen LogP contribution is 2.13. The zero-order valence-corrected chi connectivity index (χ0v) is 17.0. The lowest BCUT2D eigenvalue weighted by Crippen LogP contribution is -2.52. The number of furan rings is 1. The van der Waals surface area contributed by atoms with E-state index < -0.39 is 23.8 Å². The van der Waals surface area contributed by atoms with E-state index in [1.165, 1.54) is 0 Å². The highest BCUT2D eigenvalue weighted by Gasteiger charge is 2.23. The molecule has 0 aliphatic rings. The first kappa shape index (κ1) is 21.5. The predicted octanol–water partition coefficient (Wildman–Crippen LogP) is 3.16. The number of nitrogens with one attached hydrogen (secondary N) is 3. The van der Waals surface area contributed by atoms with E-state index in [1.54, 1.807) is 44.2 Å². The van der Waals surface area contributed by atoms with Crippen molar-refractivity contribution in [1.29, 1.82) is 0 Å². The zero-order valence-electron chi connectivity index (χ0n) is 16.3. The maximum atomic E-state index is 12.5. The van der Waals surface area contributed by atoms with Crippen LogP contribution < -0.4 is 16.2 Å². The summed E-state index contributed by atoms with van der Waals surface area (Å²) in [6, 6.07) is 7.13. The van der Waals surface area contributed by atoms with Gasteiger partial charge in [-0.05, 0) is 56.5 Å². The second-order valence-electron chi connectivity index (χ2n) is 6.93. The van der Waals surface area contributed by atoms with Crippen LogP contribution in [0.1, 0.15) is 52.5 Å². The lowest BCUT2D eigenvalue weighted by atomic mass is 10.0. The molecule has 0 aliphatic carbocycles. The molecule has 0 saturated heterocycles. The molecule has 0 bridgehead atoms. The fraction of sp³-hybridized carbons (Fsp3) is 0.350. The summed E-state index contributed by atoms with van der Waals surface area (Å²) in [6.45, 7) is 7.26. The Kier molecular flexibility index (Phi) is 7.23. The number of hydrazine groups is 1. The molecule has 2 rings (SSSR count). The quantitative estimate of drug-likeness (QED) is 0.642. The van der Waals surface area contributed by atoms with E-state index >= 15 is 0 Å². The highest BCUT2D eigenvalue weighted by atomic mass is 35.5. The van der Waals surface area contributed by atoms with E-state index in [0.717, 1.165) is 0 Å². The first-order valence-electron chi connectivity index (χ1n) is 8.91. The van der Waals surface area contributed by atoms with Gasteiger partial charge < -0.3 is 9.73 Å². The van der Waals surface area contributed by atoms with Gasteiger partial charge in [0.05, 0.1) is 5.56 Å². The van der Waals surface area contributed by atoms with Crippen LogP contribution in [0.3, 0.4) is 0 Å². The van der Waals surface area contributed by atoms with Crippen molar-refractivity contribution in [2.45, 2.75) is 40.2 Å². The average Bonchev–Trinajstić information content (AvgIpc) is 2.97. The lowest BCUT2D eigenvalue weighted by Gasteiger charge is -2.20. The monoisotopic (exact) mass is 405 g/mol. The molecule has 0 saturated carbocycles. The fourth-order valence-corrected chi connectivity index (χ4v) is 2.80. The Morgan fingerprint density at radius 3 is 2.21 bits per heavy atom. The van der Waals surface area contributed by atoms with Crippen molar-refractivity contribution in [2.24, 2.45) is 5.92 Å². The van der Waals surface area contributed by atoms with Crippen molar-refractivity contribution in [2.75, 3.05) is 0 Å². The van der Waals surface area contributed by atoms with Crippen LogP contribution in [-0.2, 0) is 4.79 Å². The van der Waals surface area contributed by atoms with Crippen LogP contribution in [0.4, 0.5) is 0 Å². The molecule has 1 atom stereocenters. The molecule has 3 N–H and O–H groups in total. The van der Waals surface area contributed by atoms with Crippen molar-refractivity contribution in [1.82, 2.24) is 16.2 Å². The minimum Gasteiger partial charge on any atom is -0.466 e. The number of carbonyl (C=O) groups is 3. The van der Waals surface area contributed by atoms with E-state index in [4.69, 9.17) is 16.0 Å². The summed E-state index contributed by atoms with van der Waals surface area (Å²) in [5, 5.41) is 3.21. The smallest absolute Gasteiger partial charge is 0.273 e. The molecule has 0 radical (unpaired) electrons. The van der Waals surface area contributed by atoms with E-state index in [1.807, 2.05) is 13.8 Å². The van der Waals surface area contributed by atoms with Crippen molar-refractivity contribution in [3.63, 3.8) is 0 Å². The molecule has 1 aromatic heterocycles. The Hall–Kier alpha value is -2.80. The number of hydrogen-bond donors (Lipinski definition) is 3. The van der Waals surface area contributed by atoms with E-state index in [2.05, 4.69) is 16.2 Å². The van der Waals surface area contributed by atoms with Gasteiger partial charge >= 0.3 is 0 Å². The Labute approximate surface area is 168 Å². The molecule has 1 heterocycles. The van der Waals surface area contributed by atoms with Gasteiger partial charge in [-0.25, -0.2) is 0 Å². The molecule has 28 heavy (non-hydrogen) atoms. The molecular weight excluding hydrogens is 382 g/mol. The molecule has 1 aromatic carbocycles. The van der Waals surface area contributed by atoms with Gasteiger partial charge in [0.15, 0.2) is 0 Å². The molecule has 3 amide bonds. The Bertz CT molecular complexity index is 859. The van der Waals surface area contributed by atoms with E-state index in [0.29, 0.717) is 34.1 Å². The molecule has 0 fully saturated rings. The van der Waals surface area contributed by atoms with Gasteiger partial charge in [-0.2, -0.15) is 0 Å². The highest BCUT2D eigenvalue weighted by molar-refractivity contribution is 6.30. The van der Waals surface area contributed by atoms with Gasteiger partial charge in [0.2, 0.25) is 0 Å². The summed E-state index contributed by atoms with van der Waals surface area (Å²) in [6.07, 6.45) is 0.408. The largest absolute Gasteiger partial charge is 0.466 e. The van der Waals surface area contributed by atoms with Crippen LogP contribution in [0.25, 0.3) is 0 Å². The van der Waals surface area contributed by atoms with Gasteiger partial charge in [-0.15, -0.1) is 0 Å². The topological polar surface area (TPSA) is 100 Å². The summed E-state index contributed by atoms with van der Waals surface area (Å²) >= 11 is 5.83. The third-order valence-corrected chi connectivity index (χ3v) is 4.27. The molecule has 2 aromatic rings. The van der Waals surface area contributed by atoms with Crippen LogP contribution in [0.15, 0.2) is 34.7 Å². The minimum atomic E-state index is -0.810. The van der Waals surface area contributed by atoms with Crippen molar-refractivity contribution >= 4 is 29.3 Å². The van der Waals surface area contributed by atoms with Crippen molar-refractivity contribution < 1.29 is 18.8 Å². The molecular formula is C20H24ClN3O4. The maximum absolute atomic E-state index is 12.5. The predicted molar refractivity (Wildman–Crippen MR) is 106 cm³/mol. The summed E-state index contributed by atoms with van der Waals surface area (Å²) < 4.78 is 5.31. The zero-order chi connectivity index (χ0) is 20.8. The SMILES string of the molecule is Cc1cc(C(=O)NNC(=O)C(CC(C)C)NC(=O)c2ccc(Cl)cc2)c(C)o1. The third kappa shape index (κ3) is 5.85. The molecule has 150 valence electrons. The fourth-order valence-electron chi connectivity index (χ4n) is 2.67. The van der Waals surface area contributed by atoms with E-state index in [-0.39, 0.29) is 5.92 Å². The first-order valence-corrected chi connectivity index (χ1v) is 9.28. The number of rotatable bonds is 6. The summed E-state index contributed by atoms with van der Waals surface area (Å²) in [5.41, 5.74) is 5.46. The Balaban J connectivity index is 2.02. The number of aryl methyl sites for hydroxylation is 2. The number of hydrogen-bond acceptors (Lipinski definition) is 4. The standard InChI is InChI=1S/C20H24ClN3O4/c1-11(2)9-17(22-18(25)14-5-7-15(21)8-6-14)20(27)24-23-19(26)16-10-12(3)28-13(16)4/h5-8,10-11,17H,9H2,1-4H3,(H,22,25)(H,23,26)(H,24,27). The number of amides is 3. The summed E-state index contributed by atoms with van der Waals surface area (Å²) in [4.78, 5) is 37.2. The summed E-state index contributed by atoms with van der Waals surface area (Å²) in [5.74, 6) is -0.195. The Morgan fingerprint density at radius 1 is 1.04 bits per heavy atom. The van der Waals surface area contributed by atoms with Crippen LogP contribution in [0.2, 0.25) is 5.02 Å². The van der Waals surface area contributed by atoms with Crippen LogP contribution >= 0.6 is 11.6 Å². The van der Waals surface area contributed by atoms with Crippen molar-refractivity contribution in [3.05, 3.63) is 58.0 Å². The van der Waals surface area contributed by atoms with E-state index in [9.17, 15) is 14.4 Å². The molecule has 8 heteroatoms. The van der Waals surface area contributed by atoms with Gasteiger partial charge in [-0.3, -0.25) is 25.2 Å². The Morgan fingerprint density at radius 2 is 1.68 bits per heavy atom. The number of halogens is 1. The first-order chi connectivity index (χ1) is 13.2. The molecule has 7 nitrogen and oxygen atoms in total. The lowest BCUT2D eigenvalue weighted by molar-refractivity contribution is -0.124. The summed E-state index contributed by atoms with van der Waals surface area (Å²) in [7, 11) is 0. The maximum Gasteiger partial charge on any atom is 0.273 e. The van der Waals surface area contributed by atoms with Crippen LogP contribution in [-0.4, -0.2) is 23.8 Å². The van der Waals surface area contributed by atoms with Crippen molar-refractivity contribution in [3.8, 4) is 0 Å². The van der Waals surface area contributed by atoms with Gasteiger partial charge in [0.25, 0.3) is 17.7 Å². The van der Waals surface area contributed by atoms with Crippen LogP contribution in [0.5, 0.6) is 0 Å². The second kappa shape index (κ2) is 9.41. The number of benzene rings is 1. The third-order valence-electron chi connectivity index (χ3n) is 4.02. The molecule has 1 unspecified atom stereocenters. The van der Waals surface area contributed by atoms with Gasteiger partial charge in [-0.1, -0.05) is 25.4 Å². The number of carbonyl (C=O) groups excluding carboxylic acids is 3. The molecule has 0 aliphatic heterocycles. The average molecular weight is 406 g/mol. The normalized spacial score (nSPS) is 11.8. The molecule has 0 spiro atoms. The van der Waals surface area contributed by atoms with Crippen LogP contribution in [0, 0.1) is 19.8 Å². The van der Waals surface area contributed by atoms with Gasteiger partial charge in [0.1, 0.15) is 17.6 Å². The minimum absolute atomic E-state index is 0.149. The van der Waals surface area contributed by atoms with Gasteiger partial charge in [0, 0.05) is 10.6 Å².